The molecule has 10 nitrogen and oxygen atoms in total. The number of hydrogen-bond acceptors (Lipinski definition) is 10. The first-order valence-electron chi connectivity index (χ1n) is 16.0. The molecule has 1 atom stereocenters. The lowest BCUT2D eigenvalue weighted by molar-refractivity contribution is -0.158. The zero-order valence-corrected chi connectivity index (χ0v) is 28.3. The quantitative estimate of drug-likeness (QED) is 0.101. The first-order valence-corrected chi connectivity index (χ1v) is 16.0. The molecule has 0 aromatic heterocycles. The molecule has 0 spiro atoms. The van der Waals surface area contributed by atoms with Crippen molar-refractivity contribution in [2.45, 2.75) is 92.6 Å². The van der Waals surface area contributed by atoms with E-state index in [0.29, 0.717) is 43.6 Å². The molecule has 1 fully saturated rings. The van der Waals surface area contributed by atoms with E-state index in [0.717, 1.165) is 22.3 Å². The number of benzene rings is 2. The molecule has 0 bridgehead atoms. The normalized spacial score (nSPS) is 16.4. The minimum absolute atomic E-state index is 0.104. The number of aryl methyl sites for hydroxylation is 1. The molecular formula is C37H46O10. The summed E-state index contributed by atoms with van der Waals surface area (Å²) in [5.74, 6) is -1.80. The van der Waals surface area contributed by atoms with Crippen LogP contribution in [0.15, 0.2) is 42.5 Å². The average molecular weight is 651 g/mol. The van der Waals surface area contributed by atoms with Gasteiger partial charge in [0.05, 0.1) is 31.3 Å². The van der Waals surface area contributed by atoms with Crippen LogP contribution in [0, 0.1) is 39.5 Å². The highest BCUT2D eigenvalue weighted by Crippen LogP contribution is 2.33. The van der Waals surface area contributed by atoms with Crippen LogP contribution in [0.2, 0.25) is 0 Å². The summed E-state index contributed by atoms with van der Waals surface area (Å²) < 4.78 is 26.7. The Bertz CT molecular complexity index is 1460. The van der Waals surface area contributed by atoms with Gasteiger partial charge in [-0.2, -0.15) is 0 Å². The topological polar surface area (TPSA) is 132 Å². The van der Waals surface area contributed by atoms with E-state index < -0.39 is 24.0 Å². The maximum atomic E-state index is 12.9. The summed E-state index contributed by atoms with van der Waals surface area (Å²) in [5.41, 5.74) is 5.49. The van der Waals surface area contributed by atoms with Crippen LogP contribution in [0.4, 0.5) is 0 Å². The number of carbonyl (C=O) groups is 5. The number of rotatable bonds is 14. The van der Waals surface area contributed by atoms with Gasteiger partial charge in [0.2, 0.25) is 0 Å². The van der Waals surface area contributed by atoms with E-state index in [2.05, 4.69) is 13.5 Å². The van der Waals surface area contributed by atoms with Crippen LogP contribution in [-0.2, 0) is 44.6 Å². The van der Waals surface area contributed by atoms with Crippen LogP contribution in [-0.4, -0.2) is 49.2 Å². The van der Waals surface area contributed by atoms with Gasteiger partial charge in [-0.25, -0.2) is 4.79 Å². The van der Waals surface area contributed by atoms with Gasteiger partial charge in [0.1, 0.15) is 24.2 Å². The second-order valence-corrected chi connectivity index (χ2v) is 12.3. The van der Waals surface area contributed by atoms with Crippen molar-refractivity contribution in [3.05, 3.63) is 70.3 Å². The molecule has 1 aliphatic rings. The summed E-state index contributed by atoms with van der Waals surface area (Å²) >= 11 is 0. The number of esters is 5. The van der Waals surface area contributed by atoms with Crippen LogP contribution in [0.3, 0.4) is 0 Å². The molecule has 1 unspecified atom stereocenters. The first-order chi connectivity index (χ1) is 22.2. The minimum atomic E-state index is -0.655. The predicted molar refractivity (Wildman–Crippen MR) is 174 cm³/mol. The van der Waals surface area contributed by atoms with Crippen molar-refractivity contribution in [3.8, 4) is 11.5 Å². The smallest absolute Gasteiger partial charge is 0.333 e. The first kappa shape index (κ1) is 37.0. The molecule has 1 aliphatic carbocycles. The SMILES string of the molecule is C=C(C)C(=O)OCC(C)OC(=O)CCC(=O)OCCc1ccc(OC(=O)C2CCC(C(=O)Oc3cc(C)c(C)c(C)c3C)CC2)cc1. The van der Waals surface area contributed by atoms with Gasteiger partial charge in [-0.3, -0.25) is 19.2 Å². The molecule has 0 aliphatic heterocycles. The minimum Gasteiger partial charge on any atom is -0.465 e. The van der Waals surface area contributed by atoms with E-state index in [-0.39, 0.29) is 55.4 Å². The molecule has 1 saturated carbocycles. The molecular weight excluding hydrogens is 604 g/mol. The molecule has 2 aromatic rings. The molecule has 47 heavy (non-hydrogen) atoms. The lowest BCUT2D eigenvalue weighted by Crippen LogP contribution is -2.30. The van der Waals surface area contributed by atoms with Crippen molar-refractivity contribution in [1.29, 1.82) is 0 Å². The highest BCUT2D eigenvalue weighted by Gasteiger charge is 2.32. The van der Waals surface area contributed by atoms with Crippen LogP contribution >= 0.6 is 0 Å². The lowest BCUT2D eigenvalue weighted by Gasteiger charge is -2.26. The molecule has 10 heteroatoms. The summed E-state index contributed by atoms with van der Waals surface area (Å²) in [6.45, 7) is 14.6. The summed E-state index contributed by atoms with van der Waals surface area (Å²) in [7, 11) is 0. The molecule has 0 radical (unpaired) electrons. The van der Waals surface area contributed by atoms with Gasteiger partial charge in [-0.1, -0.05) is 18.7 Å². The van der Waals surface area contributed by atoms with E-state index in [9.17, 15) is 24.0 Å². The van der Waals surface area contributed by atoms with E-state index in [1.807, 2.05) is 26.8 Å². The Labute approximate surface area is 276 Å². The zero-order valence-electron chi connectivity index (χ0n) is 28.3. The lowest BCUT2D eigenvalue weighted by atomic mass is 9.82. The summed E-state index contributed by atoms with van der Waals surface area (Å²) in [6.07, 6.45) is 1.72. The van der Waals surface area contributed by atoms with Crippen LogP contribution in [0.5, 0.6) is 11.5 Å². The van der Waals surface area contributed by atoms with Crippen LogP contribution in [0.1, 0.15) is 80.2 Å². The largest absolute Gasteiger partial charge is 0.465 e. The zero-order chi connectivity index (χ0) is 34.7. The summed E-state index contributed by atoms with van der Waals surface area (Å²) in [6, 6.07) is 8.88. The Balaban J connectivity index is 1.33. The Morgan fingerprint density at radius 1 is 0.787 bits per heavy atom. The van der Waals surface area contributed by atoms with Crippen molar-refractivity contribution in [2.75, 3.05) is 13.2 Å². The molecule has 0 amide bonds. The standard InChI is InChI=1S/C37H46O10/c1-22(2)35(40)44-21-24(4)45-34(39)17-16-33(38)43-19-18-28-8-14-31(15-9-28)46-36(41)29-10-12-30(13-11-29)37(42)47-32-20-23(3)25(5)26(6)27(32)7/h8-9,14-15,20,24,29-30H,1,10-13,16-19,21H2,2-7H3. The number of hydrogen-bond donors (Lipinski definition) is 0. The predicted octanol–water partition coefficient (Wildman–Crippen LogP) is 6.15. The third-order valence-electron chi connectivity index (χ3n) is 8.50. The van der Waals surface area contributed by atoms with Gasteiger partial charge in [0, 0.05) is 12.0 Å². The maximum absolute atomic E-state index is 12.9. The van der Waals surface area contributed by atoms with Gasteiger partial charge in [-0.05, 0) is 113 Å². The van der Waals surface area contributed by atoms with Gasteiger partial charge >= 0.3 is 29.8 Å². The third-order valence-corrected chi connectivity index (χ3v) is 8.50. The number of ether oxygens (including phenoxy) is 5. The van der Waals surface area contributed by atoms with Gasteiger partial charge in [0.15, 0.2) is 0 Å². The summed E-state index contributed by atoms with van der Waals surface area (Å²) in [4.78, 5) is 61.1. The van der Waals surface area contributed by atoms with Crippen LogP contribution < -0.4 is 9.47 Å². The molecule has 254 valence electrons. The fraction of sp³-hybridized carbons (Fsp3) is 0.486. The second-order valence-electron chi connectivity index (χ2n) is 12.3. The van der Waals surface area contributed by atoms with Gasteiger partial charge in [0.25, 0.3) is 0 Å². The van der Waals surface area contributed by atoms with Crippen LogP contribution in [0.25, 0.3) is 0 Å². The van der Waals surface area contributed by atoms with E-state index >= 15 is 0 Å². The Kier molecular flexibility index (Phi) is 13.7. The van der Waals surface area contributed by atoms with Crippen molar-refractivity contribution < 1.29 is 47.7 Å². The number of carbonyl (C=O) groups excluding carboxylic acids is 5. The van der Waals surface area contributed by atoms with Crippen molar-refractivity contribution in [3.63, 3.8) is 0 Å². The maximum Gasteiger partial charge on any atom is 0.333 e. The Hall–Kier alpha value is -4.47. The van der Waals surface area contributed by atoms with E-state index in [1.165, 1.54) is 12.5 Å². The van der Waals surface area contributed by atoms with Gasteiger partial charge < -0.3 is 23.7 Å². The van der Waals surface area contributed by atoms with Crippen molar-refractivity contribution >= 4 is 29.8 Å². The molecule has 0 heterocycles. The Morgan fingerprint density at radius 3 is 1.96 bits per heavy atom. The molecule has 0 saturated heterocycles. The fourth-order valence-electron chi connectivity index (χ4n) is 5.15. The molecule has 3 rings (SSSR count). The monoisotopic (exact) mass is 650 g/mol. The second kappa shape index (κ2) is 17.4. The van der Waals surface area contributed by atoms with E-state index in [1.54, 1.807) is 31.2 Å². The third kappa shape index (κ3) is 11.4. The average Bonchev–Trinajstić information content (AvgIpc) is 3.04. The summed E-state index contributed by atoms with van der Waals surface area (Å²) in [5, 5.41) is 0. The molecule has 2 aromatic carbocycles. The molecule has 0 N–H and O–H groups in total. The fourth-order valence-corrected chi connectivity index (χ4v) is 5.15. The Morgan fingerprint density at radius 2 is 1.36 bits per heavy atom. The van der Waals surface area contributed by atoms with Crippen molar-refractivity contribution in [1.82, 2.24) is 0 Å². The highest BCUT2D eigenvalue weighted by molar-refractivity contribution is 5.87. The highest BCUT2D eigenvalue weighted by atomic mass is 16.6. The van der Waals surface area contributed by atoms with Crippen molar-refractivity contribution in [2.24, 2.45) is 11.8 Å². The van der Waals surface area contributed by atoms with E-state index in [4.69, 9.17) is 23.7 Å². The van der Waals surface area contributed by atoms with Gasteiger partial charge in [-0.15, -0.1) is 0 Å².